The SMILES string of the molecule is Cc1ccc(SC2=C(O)CC(c3ccccc3)CC2=O)cc1C. The van der Waals surface area contributed by atoms with Crippen LogP contribution < -0.4 is 0 Å². The first kappa shape index (κ1) is 15.9. The first-order valence-electron chi connectivity index (χ1n) is 7.80. The molecule has 3 heteroatoms. The minimum absolute atomic E-state index is 0.0332. The van der Waals surface area contributed by atoms with Crippen molar-refractivity contribution in [2.45, 2.75) is 37.5 Å². The Bertz CT molecular complexity index is 762. The second-order valence-electron chi connectivity index (χ2n) is 6.06. The smallest absolute Gasteiger partial charge is 0.173 e. The van der Waals surface area contributed by atoms with Gasteiger partial charge in [0, 0.05) is 17.7 Å². The number of aliphatic hydroxyl groups excluding tert-OH is 1. The highest BCUT2D eigenvalue weighted by Gasteiger charge is 2.29. The highest BCUT2D eigenvalue weighted by Crippen LogP contribution is 2.40. The third-order valence-corrected chi connectivity index (χ3v) is 5.51. The summed E-state index contributed by atoms with van der Waals surface area (Å²) in [6.45, 7) is 4.12. The Balaban J connectivity index is 1.82. The van der Waals surface area contributed by atoms with Gasteiger partial charge in [-0.2, -0.15) is 0 Å². The molecule has 0 bridgehead atoms. The van der Waals surface area contributed by atoms with Crippen LogP contribution in [0.3, 0.4) is 0 Å². The number of hydrogen-bond acceptors (Lipinski definition) is 3. The number of Topliss-reactive ketones (excluding diaryl/α,β-unsaturated/α-hetero) is 1. The minimum Gasteiger partial charge on any atom is -0.511 e. The molecule has 0 amide bonds. The van der Waals surface area contributed by atoms with Gasteiger partial charge in [0.15, 0.2) is 5.78 Å². The average Bonchev–Trinajstić information content (AvgIpc) is 2.55. The van der Waals surface area contributed by atoms with E-state index in [1.165, 1.54) is 22.9 Å². The molecule has 1 unspecified atom stereocenters. The molecule has 1 N–H and O–H groups in total. The third-order valence-electron chi connectivity index (χ3n) is 4.36. The van der Waals surface area contributed by atoms with Crippen LogP contribution in [-0.4, -0.2) is 10.9 Å². The van der Waals surface area contributed by atoms with Gasteiger partial charge in [0.05, 0.1) is 4.91 Å². The summed E-state index contributed by atoms with van der Waals surface area (Å²) in [5, 5.41) is 10.4. The van der Waals surface area contributed by atoms with E-state index in [2.05, 4.69) is 26.0 Å². The summed E-state index contributed by atoms with van der Waals surface area (Å²) >= 11 is 1.38. The van der Waals surface area contributed by atoms with Crippen molar-refractivity contribution in [2.24, 2.45) is 0 Å². The Morgan fingerprint density at radius 2 is 1.74 bits per heavy atom. The maximum absolute atomic E-state index is 12.5. The Labute approximate surface area is 141 Å². The van der Waals surface area contributed by atoms with Crippen molar-refractivity contribution >= 4 is 17.5 Å². The van der Waals surface area contributed by atoms with Gasteiger partial charge in [-0.3, -0.25) is 4.79 Å². The van der Waals surface area contributed by atoms with E-state index in [-0.39, 0.29) is 17.5 Å². The molecular formula is C20H20O2S. The van der Waals surface area contributed by atoms with E-state index >= 15 is 0 Å². The van der Waals surface area contributed by atoms with E-state index in [1.807, 2.05) is 36.4 Å². The average molecular weight is 324 g/mol. The quantitative estimate of drug-likeness (QED) is 0.831. The second kappa shape index (κ2) is 6.63. The zero-order valence-corrected chi connectivity index (χ0v) is 14.2. The molecule has 0 saturated carbocycles. The molecule has 0 radical (unpaired) electrons. The summed E-state index contributed by atoms with van der Waals surface area (Å²) < 4.78 is 0. The van der Waals surface area contributed by atoms with Gasteiger partial charge in [-0.05, 0) is 48.6 Å². The minimum atomic E-state index is 0.0332. The van der Waals surface area contributed by atoms with Gasteiger partial charge in [0.25, 0.3) is 0 Å². The lowest BCUT2D eigenvalue weighted by Crippen LogP contribution is -2.17. The van der Waals surface area contributed by atoms with E-state index < -0.39 is 0 Å². The van der Waals surface area contributed by atoms with Crippen LogP contribution in [0.25, 0.3) is 0 Å². The number of ketones is 1. The van der Waals surface area contributed by atoms with Crippen LogP contribution in [0, 0.1) is 13.8 Å². The second-order valence-corrected chi connectivity index (χ2v) is 7.15. The van der Waals surface area contributed by atoms with Gasteiger partial charge in [0.1, 0.15) is 5.76 Å². The van der Waals surface area contributed by atoms with Crippen LogP contribution in [-0.2, 0) is 4.79 Å². The molecule has 2 aromatic carbocycles. The molecule has 0 fully saturated rings. The van der Waals surface area contributed by atoms with Gasteiger partial charge >= 0.3 is 0 Å². The van der Waals surface area contributed by atoms with Crippen LogP contribution >= 0.6 is 11.8 Å². The highest BCUT2D eigenvalue weighted by molar-refractivity contribution is 8.04. The number of benzene rings is 2. The fourth-order valence-corrected chi connectivity index (χ4v) is 3.85. The fraction of sp³-hybridized carbons (Fsp3) is 0.250. The van der Waals surface area contributed by atoms with Crippen molar-refractivity contribution in [3.8, 4) is 0 Å². The van der Waals surface area contributed by atoms with Crippen molar-refractivity contribution in [1.82, 2.24) is 0 Å². The molecule has 1 aliphatic carbocycles. The number of rotatable bonds is 3. The molecule has 118 valence electrons. The van der Waals surface area contributed by atoms with Crippen molar-refractivity contribution < 1.29 is 9.90 Å². The first-order chi connectivity index (χ1) is 11.0. The number of hydrogen-bond donors (Lipinski definition) is 1. The van der Waals surface area contributed by atoms with Gasteiger partial charge in [-0.15, -0.1) is 0 Å². The van der Waals surface area contributed by atoms with Crippen LogP contribution in [0.2, 0.25) is 0 Å². The molecular weight excluding hydrogens is 304 g/mol. The Hall–Kier alpha value is -2.00. The van der Waals surface area contributed by atoms with Crippen molar-refractivity contribution in [2.75, 3.05) is 0 Å². The largest absolute Gasteiger partial charge is 0.511 e. The molecule has 2 nitrogen and oxygen atoms in total. The molecule has 23 heavy (non-hydrogen) atoms. The van der Waals surface area contributed by atoms with Crippen LogP contribution in [0.15, 0.2) is 64.1 Å². The molecule has 0 aliphatic heterocycles. The lowest BCUT2D eigenvalue weighted by molar-refractivity contribution is -0.115. The summed E-state index contributed by atoms with van der Waals surface area (Å²) in [4.78, 5) is 14.0. The van der Waals surface area contributed by atoms with E-state index in [4.69, 9.17) is 0 Å². The Morgan fingerprint density at radius 3 is 2.39 bits per heavy atom. The monoisotopic (exact) mass is 324 g/mol. The lowest BCUT2D eigenvalue weighted by atomic mass is 9.86. The molecule has 1 aliphatic rings. The fourth-order valence-electron chi connectivity index (χ4n) is 2.85. The van der Waals surface area contributed by atoms with Crippen LogP contribution in [0.4, 0.5) is 0 Å². The molecule has 1 atom stereocenters. The van der Waals surface area contributed by atoms with Gasteiger partial charge in [-0.1, -0.05) is 48.2 Å². The van der Waals surface area contributed by atoms with E-state index in [0.29, 0.717) is 17.7 Å². The predicted octanol–water partition coefficient (Wildman–Crippen LogP) is 5.31. The number of allylic oxidation sites excluding steroid dienone is 2. The zero-order valence-electron chi connectivity index (χ0n) is 13.4. The van der Waals surface area contributed by atoms with Gasteiger partial charge < -0.3 is 5.11 Å². The number of thioether (sulfide) groups is 1. The summed E-state index contributed by atoms with van der Waals surface area (Å²) in [5.41, 5.74) is 3.54. The molecule has 0 aromatic heterocycles. The molecule has 3 rings (SSSR count). The normalized spacial score (nSPS) is 18.3. The van der Waals surface area contributed by atoms with E-state index in [0.717, 1.165) is 10.5 Å². The van der Waals surface area contributed by atoms with Gasteiger partial charge in [-0.25, -0.2) is 0 Å². The molecule has 0 heterocycles. The maximum Gasteiger partial charge on any atom is 0.173 e. The standard InChI is InChI=1S/C20H20O2S/c1-13-8-9-17(10-14(13)2)23-20-18(21)11-16(12-19(20)22)15-6-4-3-5-7-15/h3-10,16,21H,11-12H2,1-2H3. The highest BCUT2D eigenvalue weighted by atomic mass is 32.2. The van der Waals surface area contributed by atoms with Crippen molar-refractivity contribution in [3.63, 3.8) is 0 Å². The van der Waals surface area contributed by atoms with E-state index in [1.54, 1.807) is 0 Å². The lowest BCUT2D eigenvalue weighted by Gasteiger charge is -2.23. The summed E-state index contributed by atoms with van der Waals surface area (Å²) in [7, 11) is 0. The third kappa shape index (κ3) is 3.50. The van der Waals surface area contributed by atoms with Crippen LogP contribution in [0.1, 0.15) is 35.4 Å². The molecule has 0 saturated heterocycles. The number of carbonyl (C=O) groups is 1. The maximum atomic E-state index is 12.5. The molecule has 2 aromatic rings. The number of aliphatic hydroxyl groups is 1. The van der Waals surface area contributed by atoms with Gasteiger partial charge in [0.2, 0.25) is 0 Å². The summed E-state index contributed by atoms with van der Waals surface area (Å²) in [5.74, 6) is 0.331. The van der Waals surface area contributed by atoms with Crippen molar-refractivity contribution in [3.05, 3.63) is 75.9 Å². The van der Waals surface area contributed by atoms with Crippen molar-refractivity contribution in [1.29, 1.82) is 0 Å². The summed E-state index contributed by atoms with van der Waals surface area (Å²) in [6, 6.07) is 16.1. The number of carbonyl (C=O) groups excluding carboxylic acids is 1. The summed E-state index contributed by atoms with van der Waals surface area (Å²) in [6.07, 6.45) is 0.990. The Kier molecular flexibility index (Phi) is 4.58. The zero-order chi connectivity index (χ0) is 16.4. The topological polar surface area (TPSA) is 37.3 Å². The van der Waals surface area contributed by atoms with Crippen LogP contribution in [0.5, 0.6) is 0 Å². The first-order valence-corrected chi connectivity index (χ1v) is 8.61. The Morgan fingerprint density at radius 1 is 1.00 bits per heavy atom. The predicted molar refractivity (Wildman–Crippen MR) is 94.9 cm³/mol. The molecule has 0 spiro atoms. The van der Waals surface area contributed by atoms with E-state index in [9.17, 15) is 9.90 Å². The number of aryl methyl sites for hydroxylation is 2.